The Kier molecular flexibility index (Phi) is 11.0. The fraction of sp³-hybridized carbons (Fsp3) is 0.220. The number of hydrogen-bond acceptors (Lipinski definition) is 3. The third-order valence-corrected chi connectivity index (χ3v) is 12.8. The maximum Gasteiger partial charge on any atom is 0.0737 e. The molecule has 0 atom stereocenters. The highest BCUT2D eigenvalue weighted by Gasteiger charge is 2.23. The highest BCUT2D eigenvalue weighted by atomic mass is 16.5. The summed E-state index contributed by atoms with van der Waals surface area (Å²) in [5.41, 5.74) is 27.0. The van der Waals surface area contributed by atoms with Gasteiger partial charge in [0.15, 0.2) is 0 Å². The first kappa shape index (κ1) is 43.2. The van der Waals surface area contributed by atoms with E-state index in [2.05, 4.69) is 169 Å². The molecule has 5 heterocycles. The molecule has 0 amide bonds. The lowest BCUT2D eigenvalue weighted by molar-refractivity contribution is 0.102. The standard InChI is InChI=1S/C59H58N5O/c1-33-27-36(4)53(37(5)28-33)56-47-21-19-45(60-47)44(18-15-42-13-16-43(17-14-42)64(65)59(10,11)12)46-20-22-48(61-46)57(54-38(6)29-34(2)30-39(54)7)50-24-26-52(63-50)58(51-25-23-49(56)62-51)55-40(8)31-35(3)32-41(55)9/h13-32,60,63H,1-12H3/b18-15+,45-44?,46-44?,56-47?,56-49?,57-48?,57-50?,58-51?,58-52?. The van der Waals surface area contributed by atoms with Gasteiger partial charge in [-0.3, -0.25) is 0 Å². The summed E-state index contributed by atoms with van der Waals surface area (Å²) in [6, 6.07) is 30.2. The average Bonchev–Trinajstić information content (AvgIpc) is 4.07. The Labute approximate surface area is 383 Å². The van der Waals surface area contributed by atoms with Gasteiger partial charge in [-0.2, -0.15) is 0 Å². The van der Waals surface area contributed by atoms with Crippen molar-refractivity contribution < 1.29 is 5.21 Å². The SMILES string of the molecule is Cc1cc(C)c(-c2c3nc(c(-c4c(C)cc(C)cc4C)c4ccc([nH]4)c(-c4c(C)cc(C)cc4C)c4nc(c(/C=C/c5ccc(N([O])C(C)(C)C)cc5)c5ccc2[nH]5)C=C4)C=C3)c(C)c1. The Hall–Kier alpha value is -7.02. The zero-order chi connectivity index (χ0) is 46.1. The number of nitrogens with zero attached hydrogens (tertiary/aromatic N) is 3. The van der Waals surface area contributed by atoms with Gasteiger partial charge < -0.3 is 9.97 Å². The van der Waals surface area contributed by atoms with Crippen LogP contribution in [0.1, 0.15) is 105 Å². The van der Waals surface area contributed by atoms with E-state index in [-0.39, 0.29) is 0 Å². The maximum absolute atomic E-state index is 13.0. The lowest BCUT2D eigenvalue weighted by Gasteiger charge is -2.28. The van der Waals surface area contributed by atoms with Crippen molar-refractivity contribution in [1.82, 2.24) is 19.9 Å². The molecule has 0 aliphatic carbocycles. The van der Waals surface area contributed by atoms with Crippen LogP contribution in [0.5, 0.6) is 0 Å². The molecule has 1 radical (unpaired) electrons. The zero-order valence-electron chi connectivity index (χ0n) is 39.8. The molecule has 4 aromatic carbocycles. The van der Waals surface area contributed by atoms with Crippen LogP contribution in [-0.4, -0.2) is 25.5 Å². The topological polar surface area (TPSA) is 80.5 Å². The number of aromatic amines is 2. The summed E-state index contributed by atoms with van der Waals surface area (Å²) in [5.74, 6) is 0. The smallest absolute Gasteiger partial charge is 0.0737 e. The summed E-state index contributed by atoms with van der Waals surface area (Å²) in [4.78, 5) is 19.0. The lowest BCUT2D eigenvalue weighted by Crippen LogP contribution is -2.37. The number of hydroxylamine groups is 1. The minimum atomic E-state index is -0.540. The highest BCUT2D eigenvalue weighted by Crippen LogP contribution is 2.41. The summed E-state index contributed by atoms with van der Waals surface area (Å²) in [5, 5.41) is 14.1. The van der Waals surface area contributed by atoms with Gasteiger partial charge in [-0.15, -0.1) is 0 Å². The van der Waals surface area contributed by atoms with E-state index in [0.717, 1.165) is 88.8 Å². The van der Waals surface area contributed by atoms with Crippen LogP contribution >= 0.6 is 0 Å². The van der Waals surface area contributed by atoms with Crippen LogP contribution in [0.25, 0.3) is 91.9 Å². The van der Waals surface area contributed by atoms with Crippen LogP contribution in [0.4, 0.5) is 5.69 Å². The van der Waals surface area contributed by atoms with Crippen molar-refractivity contribution in [2.75, 3.05) is 5.06 Å². The monoisotopic (exact) mass is 852 g/mol. The Bertz CT molecular complexity index is 3220. The number of hydrogen-bond donors (Lipinski definition) is 2. The Balaban J connectivity index is 1.43. The number of aromatic nitrogens is 4. The molecule has 0 saturated carbocycles. The average molecular weight is 853 g/mol. The Morgan fingerprint density at radius 3 is 1.15 bits per heavy atom. The number of H-pyrrole nitrogens is 2. The second-order valence-electron chi connectivity index (χ2n) is 19.3. The van der Waals surface area contributed by atoms with Crippen LogP contribution in [-0.2, 0) is 5.21 Å². The second kappa shape index (κ2) is 16.5. The minimum absolute atomic E-state index is 0.540. The lowest BCUT2D eigenvalue weighted by atomic mass is 9.92. The zero-order valence-corrected chi connectivity index (χ0v) is 39.8. The van der Waals surface area contributed by atoms with E-state index in [4.69, 9.17) is 9.97 Å². The van der Waals surface area contributed by atoms with E-state index in [1.54, 1.807) is 0 Å². The van der Waals surface area contributed by atoms with Gasteiger partial charge in [0, 0.05) is 44.3 Å². The van der Waals surface area contributed by atoms with Gasteiger partial charge >= 0.3 is 0 Å². The summed E-state index contributed by atoms with van der Waals surface area (Å²) in [7, 11) is 0. The predicted molar refractivity (Wildman–Crippen MR) is 276 cm³/mol. The fourth-order valence-electron chi connectivity index (χ4n) is 10.2. The van der Waals surface area contributed by atoms with Crippen LogP contribution in [0.2, 0.25) is 0 Å². The van der Waals surface area contributed by atoms with Crippen molar-refractivity contribution in [3.05, 3.63) is 169 Å². The molecular weight excluding hydrogens is 795 g/mol. The molecule has 2 N–H and O–H groups in total. The van der Waals surface area contributed by atoms with Crippen molar-refractivity contribution >= 4 is 64.2 Å². The van der Waals surface area contributed by atoms with Crippen molar-refractivity contribution in [3.8, 4) is 33.4 Å². The summed E-state index contributed by atoms with van der Waals surface area (Å²) in [6.45, 7) is 25.5. The highest BCUT2D eigenvalue weighted by molar-refractivity contribution is 6.00. The van der Waals surface area contributed by atoms with Crippen molar-refractivity contribution in [2.45, 2.75) is 88.6 Å². The molecule has 6 nitrogen and oxygen atoms in total. The van der Waals surface area contributed by atoms with E-state index in [9.17, 15) is 5.21 Å². The van der Waals surface area contributed by atoms with Crippen molar-refractivity contribution in [1.29, 1.82) is 0 Å². The number of nitrogens with one attached hydrogen (secondary N) is 2. The third kappa shape index (κ3) is 8.08. The van der Waals surface area contributed by atoms with Crippen molar-refractivity contribution in [2.24, 2.45) is 0 Å². The van der Waals surface area contributed by atoms with E-state index in [1.807, 2.05) is 45.0 Å². The first-order valence-electron chi connectivity index (χ1n) is 22.6. The number of rotatable bonds is 6. The van der Waals surface area contributed by atoms with Crippen LogP contribution in [0.15, 0.2) is 84.9 Å². The summed E-state index contributed by atoms with van der Waals surface area (Å²) >= 11 is 0. The number of aryl methyl sites for hydroxylation is 9. The molecule has 325 valence electrons. The molecule has 6 heteroatoms. The first-order valence-corrected chi connectivity index (χ1v) is 22.6. The van der Waals surface area contributed by atoms with E-state index in [1.165, 1.54) is 55.6 Å². The molecule has 65 heavy (non-hydrogen) atoms. The van der Waals surface area contributed by atoms with Crippen LogP contribution in [0, 0.1) is 62.3 Å². The molecule has 0 unspecified atom stereocenters. The van der Waals surface area contributed by atoms with Gasteiger partial charge in [0.1, 0.15) is 0 Å². The van der Waals surface area contributed by atoms with Gasteiger partial charge in [0.25, 0.3) is 0 Å². The Morgan fingerprint density at radius 2 is 0.769 bits per heavy atom. The normalized spacial score (nSPS) is 12.5. The quantitative estimate of drug-likeness (QED) is 0.164. The largest absolute Gasteiger partial charge is 0.354 e. The number of fused-ring (bicyclic) bond motifs is 8. The summed E-state index contributed by atoms with van der Waals surface area (Å²) in [6.07, 6.45) is 12.9. The summed E-state index contributed by atoms with van der Waals surface area (Å²) < 4.78 is 0. The van der Waals surface area contributed by atoms with Gasteiger partial charge in [0.05, 0.1) is 34.0 Å². The molecule has 3 aromatic heterocycles. The molecule has 2 aliphatic heterocycles. The molecule has 9 rings (SSSR count). The van der Waals surface area contributed by atoms with E-state index in [0.29, 0.717) is 5.69 Å². The fourth-order valence-corrected chi connectivity index (χ4v) is 10.2. The second-order valence-corrected chi connectivity index (χ2v) is 19.3. The molecule has 2 aliphatic rings. The van der Waals surface area contributed by atoms with Gasteiger partial charge in [-0.05, 0) is 199 Å². The predicted octanol–water partition coefficient (Wildman–Crippen LogP) is 15.6. The van der Waals surface area contributed by atoms with Crippen molar-refractivity contribution in [3.63, 3.8) is 0 Å². The van der Waals surface area contributed by atoms with Gasteiger partial charge in [-0.25, -0.2) is 15.0 Å². The van der Waals surface area contributed by atoms with Gasteiger partial charge in [-0.1, -0.05) is 82.6 Å². The Morgan fingerprint density at radius 1 is 0.431 bits per heavy atom. The van der Waals surface area contributed by atoms with E-state index >= 15 is 0 Å². The molecular formula is C59H58N5O. The number of benzene rings is 4. The molecule has 8 bridgehead atoms. The molecule has 7 aromatic rings. The van der Waals surface area contributed by atoms with Gasteiger partial charge in [0.2, 0.25) is 0 Å². The first-order chi connectivity index (χ1) is 30.9. The molecule has 0 saturated heterocycles. The van der Waals surface area contributed by atoms with Crippen LogP contribution in [0.3, 0.4) is 0 Å². The van der Waals surface area contributed by atoms with Crippen LogP contribution < -0.4 is 5.06 Å². The minimum Gasteiger partial charge on any atom is -0.354 e. The van der Waals surface area contributed by atoms with E-state index < -0.39 is 5.54 Å². The maximum atomic E-state index is 13.0. The molecule has 0 fully saturated rings. The number of anilines is 1. The third-order valence-electron chi connectivity index (χ3n) is 12.8. The molecule has 0 spiro atoms.